The van der Waals surface area contributed by atoms with Crippen LogP contribution < -0.4 is 0 Å². The van der Waals surface area contributed by atoms with Crippen molar-refractivity contribution in [1.29, 1.82) is 0 Å². The summed E-state index contributed by atoms with van der Waals surface area (Å²) in [6, 6.07) is 0. The quantitative estimate of drug-likeness (QED) is 0.615. The van der Waals surface area contributed by atoms with Crippen molar-refractivity contribution in [3.05, 3.63) is 12.2 Å². The van der Waals surface area contributed by atoms with Crippen LogP contribution in [0.3, 0.4) is 0 Å². The van der Waals surface area contributed by atoms with Gasteiger partial charge in [0.05, 0.1) is 6.54 Å². The predicted molar refractivity (Wildman–Crippen MR) is 50.3 cm³/mol. The molecule has 4 heteroatoms. The maximum atomic E-state index is 11.4. The number of amides is 2. The number of hydrogen-bond donors (Lipinski definition) is 0. The molecule has 0 saturated carbocycles. The number of Topliss-reactive ketones (excluding diaryl/α,β-unsaturated/α-hetero) is 1. The number of rotatable bonds is 4. The Morgan fingerprint density at radius 3 is 2.29 bits per heavy atom. The summed E-state index contributed by atoms with van der Waals surface area (Å²) < 4.78 is 0. The van der Waals surface area contributed by atoms with E-state index in [-0.39, 0.29) is 18.2 Å². The van der Waals surface area contributed by atoms with Crippen LogP contribution in [0.4, 0.5) is 0 Å². The van der Waals surface area contributed by atoms with Gasteiger partial charge in [-0.05, 0) is 6.42 Å². The van der Waals surface area contributed by atoms with E-state index < -0.39 is 11.8 Å². The second kappa shape index (κ2) is 4.17. The molecule has 0 radical (unpaired) electrons. The number of imide groups is 1. The first-order valence-corrected chi connectivity index (χ1v) is 4.62. The molecule has 0 spiro atoms. The molecular formula is C10H13NO3. The van der Waals surface area contributed by atoms with E-state index in [9.17, 15) is 14.4 Å². The SMILES string of the molecule is CCC(C)C(=O)CN1C(=O)C=CC1=O. The smallest absolute Gasteiger partial charge is 0.254 e. The van der Waals surface area contributed by atoms with Gasteiger partial charge in [0, 0.05) is 18.1 Å². The molecule has 0 saturated heterocycles. The molecule has 2 amide bonds. The van der Waals surface area contributed by atoms with Crippen LogP contribution in [0.1, 0.15) is 20.3 Å². The lowest BCUT2D eigenvalue weighted by Crippen LogP contribution is -2.36. The number of hydrogen-bond acceptors (Lipinski definition) is 3. The summed E-state index contributed by atoms with van der Waals surface area (Å²) in [4.78, 5) is 34.6. The van der Waals surface area contributed by atoms with Crippen molar-refractivity contribution in [1.82, 2.24) is 4.90 Å². The van der Waals surface area contributed by atoms with E-state index in [1.807, 2.05) is 6.92 Å². The summed E-state index contributed by atoms with van der Waals surface area (Å²) in [6.07, 6.45) is 3.10. The Morgan fingerprint density at radius 1 is 1.36 bits per heavy atom. The number of nitrogens with zero attached hydrogens (tertiary/aromatic N) is 1. The van der Waals surface area contributed by atoms with E-state index in [1.54, 1.807) is 6.92 Å². The molecule has 0 aromatic carbocycles. The standard InChI is InChI=1S/C10H13NO3/c1-3-7(2)8(12)6-11-9(13)4-5-10(11)14/h4-5,7H,3,6H2,1-2H3. The normalized spacial score (nSPS) is 17.7. The van der Waals surface area contributed by atoms with Crippen molar-refractivity contribution in [3.63, 3.8) is 0 Å². The molecule has 0 N–H and O–H groups in total. The van der Waals surface area contributed by atoms with Crippen molar-refractivity contribution in [3.8, 4) is 0 Å². The summed E-state index contributed by atoms with van der Waals surface area (Å²) in [7, 11) is 0. The van der Waals surface area contributed by atoms with Gasteiger partial charge in [-0.2, -0.15) is 0 Å². The summed E-state index contributed by atoms with van der Waals surface area (Å²) in [5.74, 6) is -0.965. The topological polar surface area (TPSA) is 54.5 Å². The highest BCUT2D eigenvalue weighted by Gasteiger charge is 2.26. The number of ketones is 1. The average molecular weight is 195 g/mol. The van der Waals surface area contributed by atoms with Crippen molar-refractivity contribution in [2.45, 2.75) is 20.3 Å². The van der Waals surface area contributed by atoms with Crippen LogP contribution in [0, 0.1) is 5.92 Å². The summed E-state index contributed by atoms with van der Waals surface area (Å²) in [5, 5.41) is 0. The molecule has 0 fully saturated rings. The second-order valence-electron chi connectivity index (χ2n) is 3.37. The highest BCUT2D eigenvalue weighted by Crippen LogP contribution is 2.08. The third-order valence-corrected chi connectivity index (χ3v) is 2.38. The predicted octanol–water partition coefficient (Wildman–Crippen LogP) is 0.527. The molecule has 1 aliphatic rings. The number of carbonyl (C=O) groups is 3. The zero-order chi connectivity index (χ0) is 10.7. The molecule has 1 atom stereocenters. The van der Waals surface area contributed by atoms with E-state index >= 15 is 0 Å². The molecular weight excluding hydrogens is 182 g/mol. The third-order valence-electron chi connectivity index (χ3n) is 2.38. The first-order valence-electron chi connectivity index (χ1n) is 4.62. The van der Waals surface area contributed by atoms with Crippen molar-refractivity contribution in [2.75, 3.05) is 6.54 Å². The molecule has 1 rings (SSSR count). The maximum Gasteiger partial charge on any atom is 0.254 e. The fourth-order valence-electron chi connectivity index (χ4n) is 1.13. The fourth-order valence-corrected chi connectivity index (χ4v) is 1.13. The van der Waals surface area contributed by atoms with Crippen LogP contribution in [0.15, 0.2) is 12.2 Å². The molecule has 1 heterocycles. The molecule has 1 aliphatic heterocycles. The van der Waals surface area contributed by atoms with Gasteiger partial charge in [0.15, 0.2) is 5.78 Å². The van der Waals surface area contributed by atoms with Gasteiger partial charge in [-0.25, -0.2) is 0 Å². The minimum atomic E-state index is -0.397. The van der Waals surface area contributed by atoms with Crippen molar-refractivity contribution < 1.29 is 14.4 Å². The fraction of sp³-hybridized carbons (Fsp3) is 0.500. The van der Waals surface area contributed by atoms with Gasteiger partial charge in [-0.1, -0.05) is 13.8 Å². The molecule has 76 valence electrons. The first kappa shape index (κ1) is 10.6. The molecule has 1 unspecified atom stereocenters. The molecule has 0 bridgehead atoms. The highest BCUT2D eigenvalue weighted by molar-refractivity contribution is 6.14. The first-order chi connectivity index (χ1) is 6.56. The van der Waals surface area contributed by atoms with Gasteiger partial charge < -0.3 is 0 Å². The van der Waals surface area contributed by atoms with Gasteiger partial charge in [-0.15, -0.1) is 0 Å². The zero-order valence-corrected chi connectivity index (χ0v) is 8.32. The summed E-state index contributed by atoms with van der Waals surface area (Å²) in [5.41, 5.74) is 0. The van der Waals surface area contributed by atoms with Gasteiger partial charge in [0.2, 0.25) is 0 Å². The van der Waals surface area contributed by atoms with Crippen molar-refractivity contribution in [2.24, 2.45) is 5.92 Å². The molecule has 0 aromatic rings. The second-order valence-corrected chi connectivity index (χ2v) is 3.37. The van der Waals surface area contributed by atoms with Crippen LogP contribution in [0.2, 0.25) is 0 Å². The Labute approximate surface area is 82.6 Å². The Hall–Kier alpha value is -1.45. The monoisotopic (exact) mass is 195 g/mol. The highest BCUT2D eigenvalue weighted by atomic mass is 16.2. The Bertz CT molecular complexity index is 288. The van der Waals surface area contributed by atoms with E-state index in [4.69, 9.17) is 0 Å². The van der Waals surface area contributed by atoms with Gasteiger partial charge >= 0.3 is 0 Å². The Morgan fingerprint density at radius 2 is 1.86 bits per heavy atom. The Balaban J connectivity index is 2.57. The third kappa shape index (κ3) is 2.07. The van der Waals surface area contributed by atoms with E-state index in [1.165, 1.54) is 12.2 Å². The Kier molecular flexibility index (Phi) is 3.17. The van der Waals surface area contributed by atoms with Crippen LogP contribution >= 0.6 is 0 Å². The van der Waals surface area contributed by atoms with Gasteiger partial charge in [0.25, 0.3) is 11.8 Å². The minimum absolute atomic E-state index is 0.0714. The van der Waals surface area contributed by atoms with E-state index in [0.717, 1.165) is 11.3 Å². The van der Waals surface area contributed by atoms with E-state index in [0.29, 0.717) is 0 Å². The number of carbonyl (C=O) groups excluding carboxylic acids is 3. The zero-order valence-electron chi connectivity index (χ0n) is 8.32. The van der Waals surface area contributed by atoms with Crippen LogP contribution in [0.25, 0.3) is 0 Å². The summed E-state index contributed by atoms with van der Waals surface area (Å²) >= 11 is 0. The minimum Gasteiger partial charge on any atom is -0.297 e. The lowest BCUT2D eigenvalue weighted by molar-refractivity contribution is -0.141. The lowest BCUT2D eigenvalue weighted by atomic mass is 10.0. The molecule has 0 aromatic heterocycles. The van der Waals surface area contributed by atoms with Gasteiger partial charge in [-0.3, -0.25) is 19.3 Å². The lowest BCUT2D eigenvalue weighted by Gasteiger charge is -2.15. The molecule has 0 aliphatic carbocycles. The van der Waals surface area contributed by atoms with Crippen LogP contribution in [-0.4, -0.2) is 29.0 Å². The summed E-state index contributed by atoms with van der Waals surface area (Å²) in [6.45, 7) is 3.59. The van der Waals surface area contributed by atoms with E-state index in [2.05, 4.69) is 0 Å². The maximum absolute atomic E-state index is 11.4. The molecule has 14 heavy (non-hydrogen) atoms. The average Bonchev–Trinajstić information content (AvgIpc) is 2.48. The van der Waals surface area contributed by atoms with Crippen molar-refractivity contribution >= 4 is 17.6 Å². The largest absolute Gasteiger partial charge is 0.297 e. The van der Waals surface area contributed by atoms with Gasteiger partial charge in [0.1, 0.15) is 0 Å². The molecule has 4 nitrogen and oxygen atoms in total. The van der Waals surface area contributed by atoms with Crippen LogP contribution in [-0.2, 0) is 14.4 Å². The van der Waals surface area contributed by atoms with Crippen LogP contribution in [0.5, 0.6) is 0 Å².